The van der Waals surface area contributed by atoms with Crippen LogP contribution in [0.2, 0.25) is 0 Å². The first-order valence-corrected chi connectivity index (χ1v) is 4.90. The minimum atomic E-state index is -0.954. The predicted molar refractivity (Wildman–Crippen MR) is 53.7 cm³/mol. The lowest BCUT2D eigenvalue weighted by atomic mass is 10.2. The number of nitrogens with zero attached hydrogens (tertiary/aromatic N) is 2. The van der Waals surface area contributed by atoms with Crippen molar-refractivity contribution in [2.24, 2.45) is 0 Å². The van der Waals surface area contributed by atoms with Gasteiger partial charge in [0.2, 0.25) is 0 Å². The zero-order valence-electron chi connectivity index (χ0n) is 8.64. The summed E-state index contributed by atoms with van der Waals surface area (Å²) in [6.07, 6.45) is 3.90. The standard InChI is InChI=1S/C10H14N2O3/c1-2-5-12-7-11-6-8(12)9(13)3-4-10(14)15/h6-7H,2-5H2,1H3,(H,14,15). The van der Waals surface area contributed by atoms with Crippen molar-refractivity contribution in [2.45, 2.75) is 32.7 Å². The van der Waals surface area contributed by atoms with E-state index in [0.717, 1.165) is 13.0 Å². The number of hydrogen-bond donors (Lipinski definition) is 1. The summed E-state index contributed by atoms with van der Waals surface area (Å²) in [5.74, 6) is -1.12. The zero-order chi connectivity index (χ0) is 11.3. The van der Waals surface area contributed by atoms with Crippen molar-refractivity contribution >= 4 is 11.8 Å². The topological polar surface area (TPSA) is 72.2 Å². The van der Waals surface area contributed by atoms with E-state index in [1.165, 1.54) is 6.20 Å². The Hall–Kier alpha value is -1.65. The Labute approximate surface area is 87.7 Å². The van der Waals surface area contributed by atoms with Crippen molar-refractivity contribution in [3.8, 4) is 0 Å². The number of rotatable bonds is 6. The van der Waals surface area contributed by atoms with Crippen molar-refractivity contribution < 1.29 is 14.7 Å². The van der Waals surface area contributed by atoms with Crippen LogP contribution in [0.3, 0.4) is 0 Å². The van der Waals surface area contributed by atoms with Gasteiger partial charge >= 0.3 is 5.97 Å². The Bertz CT molecular complexity index is 357. The van der Waals surface area contributed by atoms with Crippen molar-refractivity contribution in [2.75, 3.05) is 0 Å². The minimum absolute atomic E-state index is 0.0325. The van der Waals surface area contributed by atoms with Crippen LogP contribution in [-0.2, 0) is 11.3 Å². The Morgan fingerprint density at radius 3 is 2.80 bits per heavy atom. The monoisotopic (exact) mass is 210 g/mol. The summed E-state index contributed by atoms with van der Waals surface area (Å²) in [6.45, 7) is 2.74. The second-order valence-electron chi connectivity index (χ2n) is 3.29. The molecule has 0 radical (unpaired) electrons. The van der Waals surface area contributed by atoms with E-state index in [2.05, 4.69) is 4.98 Å². The first kappa shape index (κ1) is 11.4. The quantitative estimate of drug-likeness (QED) is 0.719. The smallest absolute Gasteiger partial charge is 0.303 e. The SMILES string of the molecule is CCCn1cncc1C(=O)CCC(=O)O. The number of carboxylic acid groups (broad SMARTS) is 1. The first-order chi connectivity index (χ1) is 7.15. The van der Waals surface area contributed by atoms with Gasteiger partial charge in [-0.3, -0.25) is 9.59 Å². The van der Waals surface area contributed by atoms with Crippen LogP contribution in [0.1, 0.15) is 36.7 Å². The third-order valence-corrected chi connectivity index (χ3v) is 2.03. The van der Waals surface area contributed by atoms with Gasteiger partial charge in [-0.1, -0.05) is 6.92 Å². The number of carbonyl (C=O) groups is 2. The highest BCUT2D eigenvalue weighted by atomic mass is 16.4. The highest BCUT2D eigenvalue weighted by Gasteiger charge is 2.12. The fraction of sp³-hybridized carbons (Fsp3) is 0.500. The molecule has 0 aliphatic carbocycles. The number of carbonyl (C=O) groups excluding carboxylic acids is 1. The predicted octanol–water partition coefficient (Wildman–Crippen LogP) is 1.34. The molecule has 1 rings (SSSR count). The van der Waals surface area contributed by atoms with Crippen LogP contribution in [0.25, 0.3) is 0 Å². The first-order valence-electron chi connectivity index (χ1n) is 4.90. The number of ketones is 1. The number of aromatic nitrogens is 2. The average Bonchev–Trinajstić information content (AvgIpc) is 2.63. The van der Waals surface area contributed by atoms with Gasteiger partial charge < -0.3 is 9.67 Å². The van der Waals surface area contributed by atoms with Gasteiger partial charge in [0.1, 0.15) is 5.69 Å². The van der Waals surface area contributed by atoms with Crippen LogP contribution < -0.4 is 0 Å². The van der Waals surface area contributed by atoms with Gasteiger partial charge in [0.05, 0.1) is 18.9 Å². The molecule has 82 valence electrons. The van der Waals surface area contributed by atoms with E-state index < -0.39 is 5.97 Å². The summed E-state index contributed by atoms with van der Waals surface area (Å²) in [5.41, 5.74) is 0.498. The molecule has 0 saturated heterocycles. The largest absolute Gasteiger partial charge is 0.481 e. The molecule has 1 aromatic heterocycles. The molecule has 5 heteroatoms. The summed E-state index contributed by atoms with van der Waals surface area (Å²) in [5, 5.41) is 8.46. The molecular weight excluding hydrogens is 196 g/mol. The van der Waals surface area contributed by atoms with Gasteiger partial charge in [-0.2, -0.15) is 0 Å². The molecule has 0 fully saturated rings. The van der Waals surface area contributed by atoms with Gasteiger partial charge in [0.15, 0.2) is 5.78 Å². The molecule has 1 N–H and O–H groups in total. The number of imidazole rings is 1. The second-order valence-corrected chi connectivity index (χ2v) is 3.29. The molecule has 0 atom stereocenters. The molecule has 0 saturated carbocycles. The van der Waals surface area contributed by atoms with Crippen molar-refractivity contribution in [1.29, 1.82) is 0 Å². The highest BCUT2D eigenvalue weighted by Crippen LogP contribution is 2.06. The zero-order valence-corrected chi connectivity index (χ0v) is 8.64. The lowest BCUT2D eigenvalue weighted by Crippen LogP contribution is -2.10. The molecule has 0 spiro atoms. The van der Waals surface area contributed by atoms with Crippen LogP contribution >= 0.6 is 0 Å². The molecule has 5 nitrogen and oxygen atoms in total. The van der Waals surface area contributed by atoms with Crippen molar-refractivity contribution in [3.63, 3.8) is 0 Å². The number of aliphatic carboxylic acids is 1. The maximum Gasteiger partial charge on any atom is 0.303 e. The van der Waals surface area contributed by atoms with Gasteiger partial charge in [0.25, 0.3) is 0 Å². The highest BCUT2D eigenvalue weighted by molar-refractivity contribution is 5.95. The molecule has 15 heavy (non-hydrogen) atoms. The van der Waals surface area contributed by atoms with Gasteiger partial charge in [-0.05, 0) is 6.42 Å². The normalized spacial score (nSPS) is 10.2. The van der Waals surface area contributed by atoms with Crippen LogP contribution in [0.15, 0.2) is 12.5 Å². The summed E-state index contributed by atoms with van der Waals surface area (Å²) in [4.78, 5) is 25.8. The summed E-state index contributed by atoms with van der Waals surface area (Å²) in [7, 11) is 0. The Kier molecular flexibility index (Phi) is 4.03. The van der Waals surface area contributed by atoms with E-state index in [0.29, 0.717) is 5.69 Å². The van der Waals surface area contributed by atoms with Crippen LogP contribution in [0, 0.1) is 0 Å². The Balaban J connectivity index is 2.64. The van der Waals surface area contributed by atoms with E-state index >= 15 is 0 Å². The maximum atomic E-state index is 11.6. The van der Waals surface area contributed by atoms with Gasteiger partial charge in [-0.25, -0.2) is 4.98 Å². The molecule has 0 amide bonds. The van der Waals surface area contributed by atoms with E-state index in [1.54, 1.807) is 10.9 Å². The molecule has 1 aromatic rings. The molecule has 0 aliphatic heterocycles. The minimum Gasteiger partial charge on any atom is -0.481 e. The van der Waals surface area contributed by atoms with Crippen LogP contribution in [-0.4, -0.2) is 26.4 Å². The Morgan fingerprint density at radius 1 is 1.47 bits per heavy atom. The molecule has 0 aromatic carbocycles. The van der Waals surface area contributed by atoms with Crippen LogP contribution in [0.5, 0.6) is 0 Å². The summed E-state index contributed by atoms with van der Waals surface area (Å²) >= 11 is 0. The van der Waals surface area contributed by atoms with Gasteiger partial charge in [0, 0.05) is 13.0 Å². The number of Topliss-reactive ketones (excluding diaryl/α,β-unsaturated/α-hetero) is 1. The molecule has 1 heterocycles. The van der Waals surface area contributed by atoms with Crippen molar-refractivity contribution in [1.82, 2.24) is 9.55 Å². The molecule has 0 bridgehead atoms. The lowest BCUT2D eigenvalue weighted by Gasteiger charge is -2.04. The number of aryl methyl sites for hydroxylation is 1. The van der Waals surface area contributed by atoms with Gasteiger partial charge in [-0.15, -0.1) is 0 Å². The lowest BCUT2D eigenvalue weighted by molar-refractivity contribution is -0.136. The van der Waals surface area contributed by atoms with Crippen LogP contribution in [0.4, 0.5) is 0 Å². The van der Waals surface area contributed by atoms with E-state index in [-0.39, 0.29) is 18.6 Å². The van der Waals surface area contributed by atoms with E-state index in [1.807, 2.05) is 6.92 Å². The van der Waals surface area contributed by atoms with Crippen molar-refractivity contribution in [3.05, 3.63) is 18.2 Å². The molecule has 0 unspecified atom stereocenters. The maximum absolute atomic E-state index is 11.6. The fourth-order valence-corrected chi connectivity index (χ4v) is 1.32. The Morgan fingerprint density at radius 2 is 2.20 bits per heavy atom. The second kappa shape index (κ2) is 5.29. The third-order valence-electron chi connectivity index (χ3n) is 2.03. The number of hydrogen-bond acceptors (Lipinski definition) is 3. The fourth-order valence-electron chi connectivity index (χ4n) is 1.32. The summed E-state index contributed by atoms with van der Waals surface area (Å²) in [6, 6.07) is 0. The average molecular weight is 210 g/mol. The molecule has 0 aliphatic rings. The number of carboxylic acids is 1. The van der Waals surface area contributed by atoms with E-state index in [9.17, 15) is 9.59 Å². The molecular formula is C10H14N2O3. The summed E-state index contributed by atoms with van der Waals surface area (Å²) < 4.78 is 1.75. The third kappa shape index (κ3) is 3.19. The van der Waals surface area contributed by atoms with E-state index in [4.69, 9.17) is 5.11 Å².